The molecular formula is C16H12N4. The first-order chi connectivity index (χ1) is 9.93. The SMILES string of the molecule is c1ccc2ncncc2c1.c1cnc2ncccc2c1. The number of fused-ring (bicyclic) bond motifs is 2. The molecule has 0 fully saturated rings. The molecule has 0 aliphatic rings. The molecule has 0 aliphatic heterocycles. The summed E-state index contributed by atoms with van der Waals surface area (Å²) in [5, 5.41) is 2.18. The van der Waals surface area contributed by atoms with E-state index in [4.69, 9.17) is 0 Å². The van der Waals surface area contributed by atoms with Gasteiger partial charge in [-0.3, -0.25) is 0 Å². The molecule has 4 aromatic rings. The monoisotopic (exact) mass is 260 g/mol. The van der Waals surface area contributed by atoms with Crippen molar-refractivity contribution in [3.8, 4) is 0 Å². The van der Waals surface area contributed by atoms with Crippen LogP contribution >= 0.6 is 0 Å². The molecule has 0 saturated heterocycles. The predicted octanol–water partition coefficient (Wildman–Crippen LogP) is 3.26. The molecule has 3 aromatic heterocycles. The van der Waals surface area contributed by atoms with Crippen molar-refractivity contribution in [2.45, 2.75) is 0 Å². The largest absolute Gasteiger partial charge is 0.244 e. The summed E-state index contributed by atoms with van der Waals surface area (Å²) < 4.78 is 0. The van der Waals surface area contributed by atoms with E-state index in [2.05, 4.69) is 19.9 Å². The number of rotatable bonds is 0. The van der Waals surface area contributed by atoms with E-state index in [1.54, 1.807) is 18.7 Å². The molecule has 0 atom stereocenters. The molecule has 0 bridgehead atoms. The number of pyridine rings is 2. The summed E-state index contributed by atoms with van der Waals surface area (Å²) in [5.74, 6) is 0. The van der Waals surface area contributed by atoms with Gasteiger partial charge < -0.3 is 0 Å². The Morgan fingerprint density at radius 2 is 1.35 bits per heavy atom. The lowest BCUT2D eigenvalue weighted by Gasteiger charge is -1.90. The minimum atomic E-state index is 0.810. The topological polar surface area (TPSA) is 51.6 Å². The lowest BCUT2D eigenvalue weighted by Crippen LogP contribution is -1.78. The second-order valence-electron chi connectivity index (χ2n) is 4.14. The van der Waals surface area contributed by atoms with Gasteiger partial charge in [-0.25, -0.2) is 19.9 Å². The van der Waals surface area contributed by atoms with Crippen molar-refractivity contribution in [3.63, 3.8) is 0 Å². The molecule has 4 rings (SSSR count). The van der Waals surface area contributed by atoms with Crippen molar-refractivity contribution in [3.05, 3.63) is 73.4 Å². The van der Waals surface area contributed by atoms with E-state index in [9.17, 15) is 0 Å². The van der Waals surface area contributed by atoms with E-state index < -0.39 is 0 Å². The van der Waals surface area contributed by atoms with Crippen LogP contribution < -0.4 is 0 Å². The first kappa shape index (κ1) is 12.2. The normalized spacial score (nSPS) is 10.0. The van der Waals surface area contributed by atoms with Crippen molar-refractivity contribution in [1.82, 2.24) is 19.9 Å². The first-order valence-corrected chi connectivity index (χ1v) is 6.24. The van der Waals surface area contributed by atoms with Gasteiger partial charge >= 0.3 is 0 Å². The zero-order valence-electron chi connectivity index (χ0n) is 10.7. The van der Waals surface area contributed by atoms with Gasteiger partial charge in [0.05, 0.1) is 5.52 Å². The molecule has 96 valence electrons. The summed E-state index contributed by atoms with van der Waals surface area (Å²) >= 11 is 0. The summed E-state index contributed by atoms with van der Waals surface area (Å²) in [5.41, 5.74) is 1.81. The minimum Gasteiger partial charge on any atom is -0.244 e. The quantitative estimate of drug-likeness (QED) is 0.487. The molecular weight excluding hydrogens is 248 g/mol. The average Bonchev–Trinajstić information content (AvgIpc) is 2.56. The molecule has 0 spiro atoms. The van der Waals surface area contributed by atoms with Crippen LogP contribution in [0.4, 0.5) is 0 Å². The van der Waals surface area contributed by atoms with E-state index in [0.717, 1.165) is 21.9 Å². The highest BCUT2D eigenvalue weighted by Gasteiger charge is 1.88. The standard InChI is InChI=1S/2C8H6N2/c1-3-7-4-2-6-10-8(7)9-5-1;1-2-4-8-7(3-1)5-9-6-10-8/h2*1-6H. The molecule has 4 heteroatoms. The third-order valence-electron chi connectivity index (χ3n) is 2.79. The second kappa shape index (κ2) is 5.84. The Morgan fingerprint density at radius 3 is 2.05 bits per heavy atom. The highest BCUT2D eigenvalue weighted by Crippen LogP contribution is 2.06. The lowest BCUT2D eigenvalue weighted by atomic mass is 10.2. The summed E-state index contributed by atoms with van der Waals surface area (Å²) in [6.07, 6.45) is 6.86. The van der Waals surface area contributed by atoms with Crippen LogP contribution in [0.15, 0.2) is 73.4 Å². The highest BCUT2D eigenvalue weighted by molar-refractivity contribution is 5.76. The predicted molar refractivity (Wildman–Crippen MR) is 79.1 cm³/mol. The Hall–Kier alpha value is -2.88. The maximum atomic E-state index is 4.07. The Bertz CT molecular complexity index is 628. The van der Waals surface area contributed by atoms with Crippen molar-refractivity contribution >= 4 is 21.9 Å². The van der Waals surface area contributed by atoms with E-state index in [-0.39, 0.29) is 0 Å². The van der Waals surface area contributed by atoms with Crippen molar-refractivity contribution < 1.29 is 0 Å². The molecule has 1 aromatic carbocycles. The fourth-order valence-corrected chi connectivity index (χ4v) is 1.83. The Kier molecular flexibility index (Phi) is 3.55. The first-order valence-electron chi connectivity index (χ1n) is 6.24. The number of hydrogen-bond acceptors (Lipinski definition) is 4. The van der Waals surface area contributed by atoms with Crippen LogP contribution in [-0.4, -0.2) is 19.9 Å². The van der Waals surface area contributed by atoms with Gasteiger partial charge in [-0.1, -0.05) is 18.2 Å². The third kappa shape index (κ3) is 2.75. The molecule has 0 aliphatic carbocycles. The van der Waals surface area contributed by atoms with E-state index >= 15 is 0 Å². The Labute approximate surface area is 116 Å². The van der Waals surface area contributed by atoms with Crippen LogP contribution in [0.1, 0.15) is 0 Å². The van der Waals surface area contributed by atoms with Crippen molar-refractivity contribution in [2.24, 2.45) is 0 Å². The van der Waals surface area contributed by atoms with Crippen LogP contribution in [0.2, 0.25) is 0 Å². The van der Waals surface area contributed by atoms with Crippen LogP contribution in [0.25, 0.3) is 21.9 Å². The fourth-order valence-electron chi connectivity index (χ4n) is 1.83. The fraction of sp³-hybridized carbons (Fsp3) is 0. The minimum absolute atomic E-state index is 0.810. The van der Waals surface area contributed by atoms with Crippen LogP contribution in [0, 0.1) is 0 Å². The van der Waals surface area contributed by atoms with Gasteiger partial charge in [-0.05, 0) is 30.3 Å². The van der Waals surface area contributed by atoms with Gasteiger partial charge in [0.1, 0.15) is 6.33 Å². The molecule has 0 amide bonds. The van der Waals surface area contributed by atoms with Gasteiger partial charge in [0.15, 0.2) is 5.65 Å². The molecule has 0 unspecified atom stereocenters. The number of benzene rings is 1. The van der Waals surface area contributed by atoms with Crippen LogP contribution in [0.5, 0.6) is 0 Å². The molecule has 0 saturated carbocycles. The van der Waals surface area contributed by atoms with E-state index in [0.29, 0.717) is 0 Å². The summed E-state index contributed by atoms with van der Waals surface area (Å²) in [6.45, 7) is 0. The van der Waals surface area contributed by atoms with Gasteiger partial charge in [0, 0.05) is 29.4 Å². The third-order valence-corrected chi connectivity index (χ3v) is 2.79. The second-order valence-corrected chi connectivity index (χ2v) is 4.14. The van der Waals surface area contributed by atoms with E-state index in [1.807, 2.05) is 54.7 Å². The molecule has 20 heavy (non-hydrogen) atoms. The van der Waals surface area contributed by atoms with Crippen molar-refractivity contribution in [2.75, 3.05) is 0 Å². The Morgan fingerprint density at radius 1 is 0.650 bits per heavy atom. The Balaban J connectivity index is 0.000000121. The number of para-hydroxylation sites is 1. The maximum Gasteiger partial charge on any atom is 0.159 e. The van der Waals surface area contributed by atoms with Gasteiger partial charge in [-0.15, -0.1) is 0 Å². The zero-order chi connectivity index (χ0) is 13.6. The van der Waals surface area contributed by atoms with Gasteiger partial charge in [-0.2, -0.15) is 0 Å². The van der Waals surface area contributed by atoms with Crippen LogP contribution in [0.3, 0.4) is 0 Å². The van der Waals surface area contributed by atoms with E-state index in [1.165, 1.54) is 0 Å². The highest BCUT2D eigenvalue weighted by atomic mass is 14.8. The smallest absolute Gasteiger partial charge is 0.159 e. The zero-order valence-corrected chi connectivity index (χ0v) is 10.7. The summed E-state index contributed by atoms with van der Waals surface area (Å²) in [4.78, 5) is 16.1. The van der Waals surface area contributed by atoms with Gasteiger partial charge in [0.2, 0.25) is 0 Å². The van der Waals surface area contributed by atoms with Gasteiger partial charge in [0.25, 0.3) is 0 Å². The number of aromatic nitrogens is 4. The molecule has 0 N–H and O–H groups in total. The number of nitrogens with zero attached hydrogens (tertiary/aromatic N) is 4. The summed E-state index contributed by atoms with van der Waals surface area (Å²) in [6, 6.07) is 15.7. The maximum absolute atomic E-state index is 4.07. The number of hydrogen-bond donors (Lipinski definition) is 0. The molecule has 4 nitrogen and oxygen atoms in total. The molecule has 3 heterocycles. The summed E-state index contributed by atoms with van der Waals surface area (Å²) in [7, 11) is 0. The lowest BCUT2D eigenvalue weighted by molar-refractivity contribution is 1.22. The van der Waals surface area contributed by atoms with Crippen LogP contribution in [-0.2, 0) is 0 Å². The average molecular weight is 260 g/mol. The molecule has 0 radical (unpaired) electrons. The van der Waals surface area contributed by atoms with Crippen molar-refractivity contribution in [1.29, 1.82) is 0 Å².